The van der Waals surface area contributed by atoms with Crippen molar-refractivity contribution in [2.45, 2.75) is 25.3 Å². The molecule has 0 aromatic rings. The zero-order valence-electron chi connectivity index (χ0n) is 8.16. The van der Waals surface area contributed by atoms with Crippen LogP contribution in [-0.4, -0.2) is 43.7 Å². The topological polar surface area (TPSA) is 55.6 Å². The largest absolute Gasteiger partial charge is 0.381 e. The average molecular weight is 186 g/mol. The Morgan fingerprint density at radius 1 is 1.54 bits per heavy atom. The molecular formula is C9H18N2O2. The van der Waals surface area contributed by atoms with Gasteiger partial charge in [0, 0.05) is 19.3 Å². The summed E-state index contributed by atoms with van der Waals surface area (Å²) in [6.45, 7) is 2.00. The lowest BCUT2D eigenvalue weighted by atomic mass is 10.1. The third kappa shape index (κ3) is 3.74. The van der Waals surface area contributed by atoms with Gasteiger partial charge in [-0.15, -0.1) is 0 Å². The summed E-state index contributed by atoms with van der Waals surface area (Å²) in [6, 6.07) is 0.454. The van der Waals surface area contributed by atoms with E-state index in [1.807, 2.05) is 11.9 Å². The van der Waals surface area contributed by atoms with Crippen molar-refractivity contribution in [1.29, 1.82) is 0 Å². The Morgan fingerprint density at radius 2 is 2.31 bits per heavy atom. The number of primary amides is 1. The first-order chi connectivity index (χ1) is 6.20. The Kier molecular flexibility index (Phi) is 4.18. The molecule has 0 bridgehead atoms. The van der Waals surface area contributed by atoms with E-state index in [-0.39, 0.29) is 5.91 Å². The third-order valence-corrected chi connectivity index (χ3v) is 2.45. The minimum atomic E-state index is -0.257. The van der Waals surface area contributed by atoms with Gasteiger partial charge in [0.1, 0.15) is 0 Å². The summed E-state index contributed by atoms with van der Waals surface area (Å²) < 4.78 is 5.34. The molecule has 13 heavy (non-hydrogen) atoms. The molecule has 1 aliphatic heterocycles. The van der Waals surface area contributed by atoms with Gasteiger partial charge in [-0.3, -0.25) is 9.69 Å². The Morgan fingerprint density at radius 3 is 3.00 bits per heavy atom. The van der Waals surface area contributed by atoms with Crippen molar-refractivity contribution < 1.29 is 9.53 Å². The van der Waals surface area contributed by atoms with Crippen LogP contribution in [0.2, 0.25) is 0 Å². The highest BCUT2D eigenvalue weighted by Crippen LogP contribution is 2.13. The van der Waals surface area contributed by atoms with E-state index in [0.29, 0.717) is 12.6 Å². The second-order valence-corrected chi connectivity index (χ2v) is 3.58. The van der Waals surface area contributed by atoms with Gasteiger partial charge in [-0.05, 0) is 26.3 Å². The van der Waals surface area contributed by atoms with Crippen LogP contribution >= 0.6 is 0 Å². The second kappa shape index (κ2) is 5.19. The fourth-order valence-corrected chi connectivity index (χ4v) is 1.70. The number of nitrogens with zero attached hydrogens (tertiary/aromatic N) is 1. The molecule has 1 unspecified atom stereocenters. The van der Waals surface area contributed by atoms with Crippen molar-refractivity contribution in [3.05, 3.63) is 0 Å². The SMILES string of the molecule is CN(CC(N)=O)C1CCCOCC1. The van der Waals surface area contributed by atoms with Crippen molar-refractivity contribution in [2.24, 2.45) is 5.73 Å². The van der Waals surface area contributed by atoms with E-state index in [0.717, 1.165) is 32.5 Å². The van der Waals surface area contributed by atoms with E-state index in [9.17, 15) is 4.79 Å². The van der Waals surface area contributed by atoms with E-state index in [4.69, 9.17) is 10.5 Å². The molecule has 0 aromatic carbocycles. The van der Waals surface area contributed by atoms with Crippen LogP contribution in [0.5, 0.6) is 0 Å². The van der Waals surface area contributed by atoms with Gasteiger partial charge in [-0.2, -0.15) is 0 Å². The molecular weight excluding hydrogens is 168 g/mol. The van der Waals surface area contributed by atoms with Gasteiger partial charge in [0.05, 0.1) is 6.54 Å². The van der Waals surface area contributed by atoms with Crippen molar-refractivity contribution in [1.82, 2.24) is 4.90 Å². The van der Waals surface area contributed by atoms with Gasteiger partial charge in [0.25, 0.3) is 0 Å². The summed E-state index contributed by atoms with van der Waals surface area (Å²) in [4.78, 5) is 12.7. The number of amides is 1. The lowest BCUT2D eigenvalue weighted by molar-refractivity contribution is -0.119. The highest BCUT2D eigenvalue weighted by atomic mass is 16.5. The molecule has 1 saturated heterocycles. The van der Waals surface area contributed by atoms with Crippen LogP contribution in [0.15, 0.2) is 0 Å². The third-order valence-electron chi connectivity index (χ3n) is 2.45. The first-order valence-corrected chi connectivity index (χ1v) is 4.76. The number of hydrogen-bond donors (Lipinski definition) is 1. The molecule has 0 saturated carbocycles. The normalized spacial score (nSPS) is 24.3. The summed E-state index contributed by atoms with van der Waals surface area (Å²) in [5, 5.41) is 0. The van der Waals surface area contributed by atoms with E-state index >= 15 is 0 Å². The Balaban J connectivity index is 2.34. The first-order valence-electron chi connectivity index (χ1n) is 4.76. The summed E-state index contributed by atoms with van der Waals surface area (Å²) in [5.74, 6) is -0.257. The molecule has 4 heteroatoms. The highest BCUT2D eigenvalue weighted by Gasteiger charge is 2.17. The Hall–Kier alpha value is -0.610. The molecule has 0 aromatic heterocycles. The number of hydrogen-bond acceptors (Lipinski definition) is 3. The fourth-order valence-electron chi connectivity index (χ4n) is 1.70. The van der Waals surface area contributed by atoms with Crippen LogP contribution in [0.1, 0.15) is 19.3 Å². The van der Waals surface area contributed by atoms with Crippen molar-refractivity contribution in [3.8, 4) is 0 Å². The molecule has 2 N–H and O–H groups in total. The molecule has 1 rings (SSSR count). The maximum absolute atomic E-state index is 10.7. The zero-order valence-corrected chi connectivity index (χ0v) is 8.16. The minimum Gasteiger partial charge on any atom is -0.381 e. The first kappa shape index (κ1) is 10.5. The lowest BCUT2D eigenvalue weighted by Crippen LogP contribution is -2.38. The van der Waals surface area contributed by atoms with Crippen molar-refractivity contribution in [3.63, 3.8) is 0 Å². The van der Waals surface area contributed by atoms with Gasteiger partial charge in [0.15, 0.2) is 0 Å². The molecule has 1 atom stereocenters. The second-order valence-electron chi connectivity index (χ2n) is 3.58. The fraction of sp³-hybridized carbons (Fsp3) is 0.889. The van der Waals surface area contributed by atoms with Crippen LogP contribution in [0.3, 0.4) is 0 Å². The number of likely N-dealkylation sites (N-methyl/N-ethyl adjacent to an activating group) is 1. The van der Waals surface area contributed by atoms with Crippen LogP contribution in [-0.2, 0) is 9.53 Å². The molecule has 76 valence electrons. The predicted molar refractivity (Wildman–Crippen MR) is 50.3 cm³/mol. The maximum Gasteiger partial charge on any atom is 0.231 e. The van der Waals surface area contributed by atoms with Gasteiger partial charge in [0.2, 0.25) is 5.91 Å². The monoisotopic (exact) mass is 186 g/mol. The molecule has 1 aliphatic rings. The minimum absolute atomic E-state index is 0.257. The molecule has 1 heterocycles. The van der Waals surface area contributed by atoms with Crippen molar-refractivity contribution in [2.75, 3.05) is 26.8 Å². The molecule has 0 spiro atoms. The van der Waals surface area contributed by atoms with Gasteiger partial charge < -0.3 is 10.5 Å². The smallest absolute Gasteiger partial charge is 0.231 e. The predicted octanol–water partition coefficient (Wildman–Crippen LogP) is -0.0274. The summed E-state index contributed by atoms with van der Waals surface area (Å²) in [6.07, 6.45) is 3.18. The van der Waals surface area contributed by atoms with Gasteiger partial charge >= 0.3 is 0 Å². The van der Waals surface area contributed by atoms with Crippen LogP contribution < -0.4 is 5.73 Å². The molecule has 4 nitrogen and oxygen atoms in total. The summed E-state index contributed by atoms with van der Waals surface area (Å²) in [5.41, 5.74) is 5.13. The number of ether oxygens (including phenoxy) is 1. The number of carbonyl (C=O) groups excluding carboxylic acids is 1. The van der Waals surface area contributed by atoms with E-state index < -0.39 is 0 Å². The molecule has 1 fully saturated rings. The molecule has 0 aliphatic carbocycles. The van der Waals surface area contributed by atoms with Gasteiger partial charge in [-0.25, -0.2) is 0 Å². The summed E-state index contributed by atoms with van der Waals surface area (Å²) >= 11 is 0. The highest BCUT2D eigenvalue weighted by molar-refractivity contribution is 5.75. The van der Waals surface area contributed by atoms with Crippen molar-refractivity contribution >= 4 is 5.91 Å². The van der Waals surface area contributed by atoms with E-state index in [1.54, 1.807) is 0 Å². The lowest BCUT2D eigenvalue weighted by Gasteiger charge is -2.24. The standard InChI is InChI=1S/C9H18N2O2/c1-11(7-9(10)12)8-3-2-5-13-6-4-8/h8H,2-7H2,1H3,(H2,10,12). The zero-order chi connectivity index (χ0) is 9.68. The summed E-state index contributed by atoms with van der Waals surface area (Å²) in [7, 11) is 1.95. The van der Waals surface area contributed by atoms with E-state index in [1.165, 1.54) is 0 Å². The van der Waals surface area contributed by atoms with Crippen LogP contribution in [0, 0.1) is 0 Å². The molecule has 1 amide bonds. The molecule has 0 radical (unpaired) electrons. The average Bonchev–Trinajstić information content (AvgIpc) is 2.29. The quantitative estimate of drug-likeness (QED) is 0.673. The number of carbonyl (C=O) groups is 1. The van der Waals surface area contributed by atoms with E-state index in [2.05, 4.69) is 0 Å². The number of rotatable bonds is 3. The van der Waals surface area contributed by atoms with Crippen LogP contribution in [0.4, 0.5) is 0 Å². The van der Waals surface area contributed by atoms with Crippen LogP contribution in [0.25, 0.3) is 0 Å². The Labute approximate surface area is 79.0 Å². The maximum atomic E-state index is 10.7. The van der Waals surface area contributed by atoms with Gasteiger partial charge in [-0.1, -0.05) is 0 Å². The Bertz CT molecular complexity index is 165. The number of nitrogens with two attached hydrogens (primary N) is 1.